The highest BCUT2D eigenvalue weighted by molar-refractivity contribution is 6.14. The highest BCUT2D eigenvalue weighted by atomic mass is 15.0. The normalized spacial score (nSPS) is 11.6. The quantitative estimate of drug-likeness (QED) is 0.167. The van der Waals surface area contributed by atoms with Crippen LogP contribution in [0.3, 0.4) is 0 Å². The largest absolute Gasteiger partial charge is 0.309 e. The van der Waals surface area contributed by atoms with E-state index < -0.39 is 0 Å². The topological polar surface area (TPSA) is 88.1 Å². The Labute approximate surface area is 384 Å². The summed E-state index contributed by atoms with van der Waals surface area (Å²) >= 11 is 0. The van der Waals surface area contributed by atoms with Crippen molar-refractivity contribution in [1.82, 2.24) is 23.7 Å². The zero-order valence-corrected chi connectivity index (χ0v) is 35.8. The first-order valence-corrected chi connectivity index (χ1v) is 22.2. The molecule has 0 radical (unpaired) electrons. The highest BCUT2D eigenvalue weighted by Crippen LogP contribution is 2.40. The number of hydrogen-bond donors (Lipinski definition) is 0. The first kappa shape index (κ1) is 37.9. The Morgan fingerprint density at radius 3 is 1.18 bits per heavy atom. The molecule has 0 spiro atoms. The smallest absolute Gasteiger partial charge is 0.161 e. The van der Waals surface area contributed by atoms with Gasteiger partial charge >= 0.3 is 0 Å². The molecule has 0 N–H and O–H groups in total. The van der Waals surface area contributed by atoms with E-state index in [4.69, 9.17) is 9.97 Å². The zero-order valence-electron chi connectivity index (χ0n) is 35.8. The first-order chi connectivity index (χ1) is 33.1. The molecule has 0 unspecified atom stereocenters. The van der Waals surface area contributed by atoms with Crippen LogP contribution in [0.4, 0.5) is 0 Å². The molecule has 7 heteroatoms. The number of hydrogen-bond acceptors (Lipinski definition) is 4. The van der Waals surface area contributed by atoms with E-state index in [-0.39, 0.29) is 0 Å². The number of nitriles is 2. The minimum Gasteiger partial charge on any atom is -0.309 e. The summed E-state index contributed by atoms with van der Waals surface area (Å²) in [6.07, 6.45) is 0. The van der Waals surface area contributed by atoms with Gasteiger partial charge in [0.1, 0.15) is 0 Å². The third-order valence-corrected chi connectivity index (χ3v) is 13.2. The van der Waals surface area contributed by atoms with Gasteiger partial charge in [-0.3, -0.25) is 0 Å². The lowest BCUT2D eigenvalue weighted by Crippen LogP contribution is -1.99. The average molecular weight is 854 g/mol. The van der Waals surface area contributed by atoms with Gasteiger partial charge < -0.3 is 13.7 Å². The van der Waals surface area contributed by atoms with Crippen molar-refractivity contribution in [2.45, 2.75) is 0 Å². The van der Waals surface area contributed by atoms with Crippen LogP contribution in [-0.4, -0.2) is 23.7 Å². The fourth-order valence-electron chi connectivity index (χ4n) is 10.2. The molecule has 67 heavy (non-hydrogen) atoms. The van der Waals surface area contributed by atoms with Crippen molar-refractivity contribution < 1.29 is 0 Å². The van der Waals surface area contributed by atoms with Crippen LogP contribution in [-0.2, 0) is 0 Å². The molecule has 0 bridgehead atoms. The number of aromatic nitrogens is 5. The Morgan fingerprint density at radius 1 is 0.313 bits per heavy atom. The molecule has 0 atom stereocenters. The molecule has 13 rings (SSSR count). The number of para-hydroxylation sites is 4. The van der Waals surface area contributed by atoms with Gasteiger partial charge in [-0.05, 0) is 97.1 Å². The molecule has 0 amide bonds. The molecule has 0 aliphatic heterocycles. The molecule has 310 valence electrons. The lowest BCUT2D eigenvalue weighted by atomic mass is 10.0. The molecule has 7 nitrogen and oxygen atoms in total. The highest BCUT2D eigenvalue weighted by Gasteiger charge is 2.20. The molecule has 0 aliphatic carbocycles. The van der Waals surface area contributed by atoms with E-state index >= 15 is 0 Å². The van der Waals surface area contributed by atoms with Crippen LogP contribution in [0.2, 0.25) is 0 Å². The van der Waals surface area contributed by atoms with E-state index in [9.17, 15) is 10.5 Å². The van der Waals surface area contributed by atoms with Gasteiger partial charge in [0, 0.05) is 66.1 Å². The second-order valence-corrected chi connectivity index (χ2v) is 16.8. The second kappa shape index (κ2) is 15.0. The average Bonchev–Trinajstić information content (AvgIpc) is 4.04. The van der Waals surface area contributed by atoms with E-state index in [1.165, 1.54) is 21.5 Å². The minimum absolute atomic E-state index is 0.418. The molecule has 0 fully saturated rings. The minimum atomic E-state index is 0.418. The van der Waals surface area contributed by atoms with Crippen LogP contribution >= 0.6 is 0 Å². The summed E-state index contributed by atoms with van der Waals surface area (Å²) in [5.41, 5.74) is 14.5. The number of rotatable bonds is 6. The molecule has 0 saturated carbocycles. The van der Waals surface area contributed by atoms with Crippen molar-refractivity contribution in [2.75, 3.05) is 0 Å². The third-order valence-electron chi connectivity index (χ3n) is 13.2. The van der Waals surface area contributed by atoms with Crippen LogP contribution in [0.15, 0.2) is 212 Å². The van der Waals surface area contributed by atoms with Crippen molar-refractivity contribution >= 4 is 65.4 Å². The van der Waals surface area contributed by atoms with Gasteiger partial charge in [-0.1, -0.05) is 115 Å². The van der Waals surface area contributed by atoms with Gasteiger partial charge in [0.05, 0.1) is 67.8 Å². The fourth-order valence-corrected chi connectivity index (χ4v) is 10.2. The Kier molecular flexibility index (Phi) is 8.51. The number of benzene rings is 9. The van der Waals surface area contributed by atoms with Gasteiger partial charge in [0.15, 0.2) is 5.82 Å². The summed E-state index contributed by atoms with van der Waals surface area (Å²) < 4.78 is 7.11. The summed E-state index contributed by atoms with van der Waals surface area (Å²) in [6, 6.07) is 78.1. The Morgan fingerprint density at radius 2 is 0.687 bits per heavy atom. The van der Waals surface area contributed by atoms with Gasteiger partial charge in [0.2, 0.25) is 0 Å². The van der Waals surface area contributed by atoms with Crippen molar-refractivity contribution in [2.24, 2.45) is 0 Å². The van der Waals surface area contributed by atoms with Crippen LogP contribution < -0.4 is 0 Å². The SMILES string of the molecule is N#Cc1ccccc1-c1cc(-c2ccc(-n3c4ccc(-n5c6ccccc6c6ccccc65)cc4c4cc(-n5c6ccccc6c6ccccc65)ccc43)cc2)nc(-c2ccccc2C#N)n1. The number of fused-ring (bicyclic) bond motifs is 9. The van der Waals surface area contributed by atoms with Gasteiger partial charge in [-0.2, -0.15) is 10.5 Å². The van der Waals surface area contributed by atoms with Gasteiger partial charge in [-0.15, -0.1) is 0 Å². The van der Waals surface area contributed by atoms with E-state index in [1.807, 2.05) is 42.5 Å². The first-order valence-electron chi connectivity index (χ1n) is 22.2. The van der Waals surface area contributed by atoms with E-state index in [1.54, 1.807) is 12.1 Å². The summed E-state index contributed by atoms with van der Waals surface area (Å²) in [5.74, 6) is 0.418. The Bertz CT molecular complexity index is 3890. The lowest BCUT2D eigenvalue weighted by molar-refractivity contribution is 1.16. The standard InChI is InChI=1S/C60H35N7/c61-36-39-13-1-3-15-44(39)53-35-52(63-60(64-53)45-16-4-2-14-40(45)37-62)38-25-27-41(28-26-38)65-58-31-29-42(66-54-21-9-5-17-46(54)47-18-6-10-22-55(47)66)33-50(58)51-34-43(30-32-59(51)65)67-56-23-11-7-19-48(56)49-20-8-12-24-57(49)67/h1-35H. The monoisotopic (exact) mass is 853 g/mol. The lowest BCUT2D eigenvalue weighted by Gasteiger charge is -2.13. The third kappa shape index (κ3) is 5.90. The second-order valence-electron chi connectivity index (χ2n) is 16.8. The van der Waals surface area contributed by atoms with E-state index in [0.717, 1.165) is 66.5 Å². The Hall–Kier alpha value is -9.56. The molecular weight excluding hydrogens is 819 g/mol. The van der Waals surface area contributed by atoms with Crippen LogP contribution in [0.25, 0.3) is 116 Å². The summed E-state index contributed by atoms with van der Waals surface area (Å²) in [6.45, 7) is 0. The van der Waals surface area contributed by atoms with Crippen molar-refractivity contribution in [3.63, 3.8) is 0 Å². The van der Waals surface area contributed by atoms with Crippen molar-refractivity contribution in [1.29, 1.82) is 10.5 Å². The van der Waals surface area contributed by atoms with Crippen LogP contribution in [0.1, 0.15) is 11.1 Å². The summed E-state index contributed by atoms with van der Waals surface area (Å²) in [7, 11) is 0. The van der Waals surface area contributed by atoms with Crippen LogP contribution in [0.5, 0.6) is 0 Å². The summed E-state index contributed by atoms with van der Waals surface area (Å²) in [4.78, 5) is 9.99. The van der Waals surface area contributed by atoms with Gasteiger partial charge in [0.25, 0.3) is 0 Å². The Balaban J connectivity index is 1.02. The van der Waals surface area contributed by atoms with E-state index in [2.05, 4.69) is 184 Å². The maximum absolute atomic E-state index is 10.1. The predicted octanol–water partition coefficient (Wildman–Crippen LogP) is 14.5. The maximum Gasteiger partial charge on any atom is 0.161 e. The molecule has 0 saturated heterocycles. The van der Waals surface area contributed by atoms with Crippen LogP contribution in [0, 0.1) is 22.7 Å². The molecule has 0 aliphatic rings. The number of nitrogens with zero attached hydrogens (tertiary/aromatic N) is 7. The fraction of sp³-hybridized carbons (Fsp3) is 0. The predicted molar refractivity (Wildman–Crippen MR) is 271 cm³/mol. The molecule has 13 aromatic rings. The molecular formula is C60H35N7. The molecule has 4 aromatic heterocycles. The van der Waals surface area contributed by atoms with Crippen molar-refractivity contribution in [3.05, 3.63) is 223 Å². The zero-order chi connectivity index (χ0) is 44.6. The summed E-state index contributed by atoms with van der Waals surface area (Å²) in [5, 5.41) is 27.3. The van der Waals surface area contributed by atoms with E-state index in [0.29, 0.717) is 39.5 Å². The van der Waals surface area contributed by atoms with Crippen molar-refractivity contribution in [3.8, 4) is 63.1 Å². The maximum atomic E-state index is 10.1. The molecule has 4 heterocycles. The molecule has 9 aromatic carbocycles. The van der Waals surface area contributed by atoms with Gasteiger partial charge in [-0.25, -0.2) is 9.97 Å².